The minimum absolute atomic E-state index is 0.711. The minimum atomic E-state index is 0.711. The third-order valence-corrected chi connectivity index (χ3v) is 2.84. The first-order chi connectivity index (χ1) is 12.5. The average Bonchev–Trinajstić information content (AvgIpc) is 2.63. The van der Waals surface area contributed by atoms with Gasteiger partial charge in [-0.2, -0.15) is 0 Å². The van der Waals surface area contributed by atoms with Crippen molar-refractivity contribution in [2.45, 2.75) is 20.8 Å². The van der Waals surface area contributed by atoms with Crippen LogP contribution in [0.4, 0.5) is 11.4 Å². The first-order valence-electron chi connectivity index (χ1n) is 8.47. The SMILES string of the molecule is CC.CN(C)c1ccc(/C=C/C=O)cc1N.CNO.Cc1ccccc1. The van der Waals surface area contributed by atoms with Crippen molar-refractivity contribution in [3.8, 4) is 0 Å². The smallest absolute Gasteiger partial charge is 0.142 e. The van der Waals surface area contributed by atoms with E-state index in [1.54, 1.807) is 11.6 Å². The Kier molecular flexibility index (Phi) is 16.9. The van der Waals surface area contributed by atoms with E-state index >= 15 is 0 Å². The van der Waals surface area contributed by atoms with Gasteiger partial charge in [-0.05, 0) is 30.7 Å². The van der Waals surface area contributed by atoms with E-state index < -0.39 is 0 Å². The number of hydroxylamine groups is 1. The quantitative estimate of drug-likeness (QED) is 0.332. The number of hydrogen-bond donors (Lipinski definition) is 3. The Bertz CT molecular complexity index is 612. The summed E-state index contributed by atoms with van der Waals surface area (Å²) in [4.78, 5) is 12.1. The molecule has 5 heteroatoms. The number of anilines is 2. The monoisotopic (exact) mass is 359 g/mol. The third-order valence-electron chi connectivity index (χ3n) is 2.84. The highest BCUT2D eigenvalue weighted by Gasteiger charge is 2.00. The van der Waals surface area contributed by atoms with Gasteiger partial charge in [0.25, 0.3) is 0 Å². The van der Waals surface area contributed by atoms with Crippen molar-refractivity contribution in [3.63, 3.8) is 0 Å². The second-order valence-electron chi connectivity index (χ2n) is 5.09. The van der Waals surface area contributed by atoms with Crippen LogP contribution in [0.2, 0.25) is 0 Å². The van der Waals surface area contributed by atoms with Crippen molar-refractivity contribution in [2.24, 2.45) is 0 Å². The molecule has 0 saturated heterocycles. The van der Waals surface area contributed by atoms with Gasteiger partial charge in [-0.1, -0.05) is 61.9 Å². The third kappa shape index (κ3) is 12.8. The number of nitrogen functional groups attached to an aromatic ring is 1. The van der Waals surface area contributed by atoms with Gasteiger partial charge in [0, 0.05) is 21.1 Å². The van der Waals surface area contributed by atoms with Crippen LogP contribution in [0, 0.1) is 6.92 Å². The van der Waals surface area contributed by atoms with Gasteiger partial charge in [0.2, 0.25) is 0 Å². The summed E-state index contributed by atoms with van der Waals surface area (Å²) in [6.45, 7) is 6.08. The van der Waals surface area contributed by atoms with Crippen LogP contribution in [0.15, 0.2) is 54.6 Å². The van der Waals surface area contributed by atoms with E-state index in [9.17, 15) is 4.79 Å². The van der Waals surface area contributed by atoms with Crippen LogP contribution in [0.25, 0.3) is 6.08 Å². The molecule has 2 rings (SSSR count). The number of carbonyl (C=O) groups is 1. The predicted molar refractivity (Wildman–Crippen MR) is 114 cm³/mol. The van der Waals surface area contributed by atoms with Crippen molar-refractivity contribution in [1.29, 1.82) is 0 Å². The largest absolute Gasteiger partial charge is 0.397 e. The summed E-state index contributed by atoms with van der Waals surface area (Å²) in [7, 11) is 5.30. The lowest BCUT2D eigenvalue weighted by atomic mass is 10.1. The molecule has 0 atom stereocenters. The molecule has 0 bridgehead atoms. The van der Waals surface area contributed by atoms with Crippen LogP contribution in [-0.4, -0.2) is 32.6 Å². The highest BCUT2D eigenvalue weighted by molar-refractivity contribution is 5.77. The van der Waals surface area contributed by atoms with E-state index in [4.69, 9.17) is 10.9 Å². The van der Waals surface area contributed by atoms with Crippen LogP contribution in [0.5, 0.6) is 0 Å². The number of benzene rings is 2. The first-order valence-corrected chi connectivity index (χ1v) is 8.47. The molecule has 0 aliphatic carbocycles. The maximum atomic E-state index is 10.1. The summed E-state index contributed by atoms with van der Waals surface area (Å²) < 4.78 is 0. The Labute approximate surface area is 158 Å². The highest BCUT2D eigenvalue weighted by Crippen LogP contribution is 2.22. The molecule has 4 N–H and O–H groups in total. The van der Waals surface area contributed by atoms with Crippen molar-refractivity contribution in [1.82, 2.24) is 5.48 Å². The molecule has 0 spiro atoms. The topological polar surface area (TPSA) is 78.6 Å². The summed E-state index contributed by atoms with van der Waals surface area (Å²) in [5.41, 5.74) is 11.5. The van der Waals surface area contributed by atoms with Gasteiger partial charge in [0.15, 0.2) is 0 Å². The molecule has 0 aliphatic rings. The van der Waals surface area contributed by atoms with E-state index in [2.05, 4.69) is 19.1 Å². The summed E-state index contributed by atoms with van der Waals surface area (Å²) in [5.74, 6) is 0. The van der Waals surface area contributed by atoms with Gasteiger partial charge >= 0.3 is 0 Å². The number of nitrogens with zero attached hydrogens (tertiary/aromatic N) is 1. The molecule has 0 heterocycles. The number of nitrogens with two attached hydrogens (primary N) is 1. The van der Waals surface area contributed by atoms with Crippen LogP contribution < -0.4 is 16.1 Å². The van der Waals surface area contributed by atoms with Gasteiger partial charge in [0.1, 0.15) is 6.29 Å². The molecular formula is C21H33N3O2. The molecule has 0 unspecified atom stereocenters. The van der Waals surface area contributed by atoms with E-state index in [0.29, 0.717) is 5.69 Å². The summed E-state index contributed by atoms with van der Waals surface area (Å²) in [5, 5.41) is 7.32. The molecule has 0 aliphatic heterocycles. The molecule has 0 amide bonds. The number of aryl methyl sites for hydroxylation is 1. The van der Waals surface area contributed by atoms with Crippen LogP contribution in [0.1, 0.15) is 25.0 Å². The molecule has 0 aromatic heterocycles. The molecule has 2 aromatic carbocycles. The maximum absolute atomic E-state index is 10.1. The molecule has 2 aromatic rings. The Morgan fingerprint density at radius 3 is 1.96 bits per heavy atom. The molecular weight excluding hydrogens is 326 g/mol. The maximum Gasteiger partial charge on any atom is 0.142 e. The Morgan fingerprint density at radius 1 is 1.08 bits per heavy atom. The number of aldehydes is 1. The molecule has 144 valence electrons. The van der Waals surface area contributed by atoms with Crippen LogP contribution in [-0.2, 0) is 4.79 Å². The first kappa shape index (κ1) is 25.6. The second kappa shape index (κ2) is 17.2. The lowest BCUT2D eigenvalue weighted by Gasteiger charge is -2.15. The molecule has 5 nitrogen and oxygen atoms in total. The minimum Gasteiger partial charge on any atom is -0.397 e. The fraction of sp³-hybridized carbons (Fsp3) is 0.286. The van der Waals surface area contributed by atoms with Crippen molar-refractivity contribution < 1.29 is 10.0 Å². The van der Waals surface area contributed by atoms with Gasteiger partial charge in [-0.25, -0.2) is 5.48 Å². The zero-order chi connectivity index (χ0) is 20.4. The van der Waals surface area contributed by atoms with Crippen LogP contribution >= 0.6 is 0 Å². The Hall–Kier alpha value is -2.63. The van der Waals surface area contributed by atoms with E-state index in [0.717, 1.165) is 17.5 Å². The zero-order valence-electron chi connectivity index (χ0n) is 16.7. The van der Waals surface area contributed by atoms with Gasteiger partial charge in [-0.15, -0.1) is 0 Å². The zero-order valence-corrected chi connectivity index (χ0v) is 16.7. The fourth-order valence-electron chi connectivity index (χ4n) is 1.77. The lowest BCUT2D eigenvalue weighted by molar-refractivity contribution is -0.104. The lowest BCUT2D eigenvalue weighted by Crippen LogP contribution is -2.10. The highest BCUT2D eigenvalue weighted by atomic mass is 16.5. The fourth-order valence-corrected chi connectivity index (χ4v) is 1.77. The summed E-state index contributed by atoms with van der Waals surface area (Å²) in [6.07, 6.45) is 3.92. The van der Waals surface area contributed by atoms with Gasteiger partial charge in [0.05, 0.1) is 11.4 Å². The summed E-state index contributed by atoms with van der Waals surface area (Å²) in [6, 6.07) is 16.0. The number of rotatable bonds is 3. The van der Waals surface area contributed by atoms with E-state index in [1.165, 1.54) is 18.7 Å². The standard InChI is InChI=1S/C11H14N2O.C7H8.C2H6.CH5NO/c1-13(2)11-6-5-9(4-3-7-14)8-10(11)12;1-7-5-3-2-4-6-7;1-2;1-2-3/h3-8H,12H2,1-2H3;2-6H,1H3;1-2H3;2-3H,1H3/b4-3+;;;. The normalized spacial score (nSPS) is 8.88. The van der Waals surface area contributed by atoms with Gasteiger partial charge in [-0.3, -0.25) is 4.79 Å². The second-order valence-corrected chi connectivity index (χ2v) is 5.09. The Morgan fingerprint density at radius 2 is 1.62 bits per heavy atom. The molecule has 0 radical (unpaired) electrons. The number of allylic oxidation sites excluding steroid dienone is 1. The average molecular weight is 360 g/mol. The Balaban J connectivity index is 0. The number of nitrogens with one attached hydrogen (secondary N) is 1. The van der Waals surface area contributed by atoms with E-state index in [1.807, 2.05) is 69.2 Å². The summed E-state index contributed by atoms with van der Waals surface area (Å²) >= 11 is 0. The number of hydrogen-bond acceptors (Lipinski definition) is 5. The number of carbonyl (C=O) groups excluding carboxylic acids is 1. The van der Waals surface area contributed by atoms with E-state index in [-0.39, 0.29) is 0 Å². The van der Waals surface area contributed by atoms with Crippen molar-refractivity contribution in [3.05, 3.63) is 65.7 Å². The molecule has 0 fully saturated rings. The van der Waals surface area contributed by atoms with Gasteiger partial charge < -0.3 is 15.8 Å². The predicted octanol–water partition coefficient (Wildman–Crippen LogP) is 4.16. The molecule has 26 heavy (non-hydrogen) atoms. The van der Waals surface area contributed by atoms with Crippen molar-refractivity contribution >= 4 is 23.7 Å². The van der Waals surface area contributed by atoms with Crippen molar-refractivity contribution in [2.75, 3.05) is 31.8 Å². The van der Waals surface area contributed by atoms with Crippen LogP contribution in [0.3, 0.4) is 0 Å². The molecule has 0 saturated carbocycles.